The number of nitrogens with one attached hydrogen (secondary N) is 1. The minimum Gasteiger partial charge on any atom is -0.381 e. The molecule has 2 aliphatic rings. The molecule has 0 aromatic carbocycles. The molecule has 2 saturated heterocycles. The molecule has 1 amide bonds. The van der Waals surface area contributed by atoms with Gasteiger partial charge in [0, 0.05) is 62.9 Å². The molecule has 0 bridgehead atoms. The zero-order valence-corrected chi connectivity index (χ0v) is 17.0. The minimum absolute atomic E-state index is 0.0527. The number of hydrogen-bond acceptors (Lipinski definition) is 6. The van der Waals surface area contributed by atoms with Gasteiger partial charge in [0.15, 0.2) is 0 Å². The molecule has 28 heavy (non-hydrogen) atoms. The molecule has 0 radical (unpaired) electrons. The van der Waals surface area contributed by atoms with Crippen molar-refractivity contribution in [1.29, 1.82) is 0 Å². The standard InChI is InChI=1S/C20H33N5O3/c1-14-11-15(2)25(20(27)23-14)8-7-22-19(26)16-3-4-17(21)13-24(12-16)18-5-9-28-10-6-18/h11,16-18H,3-10,12-13,21H2,1-2H3,(H,22,26)/t16-,17+/m1/s1. The van der Waals surface area contributed by atoms with Crippen molar-refractivity contribution in [3.8, 4) is 0 Å². The lowest BCUT2D eigenvalue weighted by Crippen LogP contribution is -2.47. The summed E-state index contributed by atoms with van der Waals surface area (Å²) in [4.78, 5) is 31.2. The van der Waals surface area contributed by atoms with Crippen molar-refractivity contribution in [2.45, 2.75) is 58.2 Å². The molecular weight excluding hydrogens is 358 g/mol. The summed E-state index contributed by atoms with van der Waals surface area (Å²) in [5, 5.41) is 3.02. The number of hydrogen-bond donors (Lipinski definition) is 2. The fraction of sp³-hybridized carbons (Fsp3) is 0.750. The summed E-state index contributed by atoms with van der Waals surface area (Å²) in [5.41, 5.74) is 7.57. The Balaban J connectivity index is 1.56. The van der Waals surface area contributed by atoms with Gasteiger partial charge in [-0.15, -0.1) is 0 Å². The maximum Gasteiger partial charge on any atom is 0.348 e. The van der Waals surface area contributed by atoms with E-state index in [1.54, 1.807) is 4.57 Å². The van der Waals surface area contributed by atoms with Crippen LogP contribution in [-0.4, -0.2) is 65.3 Å². The Labute approximate surface area is 166 Å². The van der Waals surface area contributed by atoms with Crippen LogP contribution in [0.1, 0.15) is 37.1 Å². The van der Waals surface area contributed by atoms with Crippen molar-refractivity contribution >= 4 is 5.91 Å². The van der Waals surface area contributed by atoms with E-state index in [2.05, 4.69) is 15.2 Å². The van der Waals surface area contributed by atoms with Crippen LogP contribution in [0.25, 0.3) is 0 Å². The van der Waals surface area contributed by atoms with Crippen LogP contribution in [-0.2, 0) is 16.1 Å². The number of ether oxygens (including phenoxy) is 1. The lowest BCUT2D eigenvalue weighted by molar-refractivity contribution is -0.126. The molecule has 8 heteroatoms. The number of likely N-dealkylation sites (tertiary alicyclic amines) is 1. The molecule has 0 unspecified atom stereocenters. The summed E-state index contributed by atoms with van der Waals surface area (Å²) in [5.74, 6) is -0.0118. The Morgan fingerprint density at radius 1 is 1.25 bits per heavy atom. The lowest BCUT2D eigenvalue weighted by Gasteiger charge is -2.35. The Bertz CT molecular complexity index is 729. The van der Waals surface area contributed by atoms with Crippen LogP contribution in [0.4, 0.5) is 0 Å². The Morgan fingerprint density at radius 2 is 2.00 bits per heavy atom. The number of aryl methyl sites for hydroxylation is 2. The van der Waals surface area contributed by atoms with Crippen molar-refractivity contribution in [2.75, 3.05) is 32.8 Å². The summed E-state index contributed by atoms with van der Waals surface area (Å²) < 4.78 is 7.08. The van der Waals surface area contributed by atoms with Gasteiger partial charge in [-0.2, -0.15) is 4.98 Å². The number of carbonyl (C=O) groups is 1. The van der Waals surface area contributed by atoms with Gasteiger partial charge in [-0.1, -0.05) is 0 Å². The average Bonchev–Trinajstić information content (AvgIpc) is 2.86. The second-order valence-corrected chi connectivity index (χ2v) is 8.10. The quantitative estimate of drug-likeness (QED) is 0.743. The van der Waals surface area contributed by atoms with Gasteiger partial charge in [0.25, 0.3) is 0 Å². The van der Waals surface area contributed by atoms with Crippen LogP contribution >= 0.6 is 0 Å². The predicted molar refractivity (Wildman–Crippen MR) is 107 cm³/mol. The SMILES string of the molecule is Cc1cc(C)n(CCNC(=O)[C@@H]2CC[C@H](N)CN(C3CCOCC3)C2)c(=O)n1. The molecule has 3 N–H and O–H groups in total. The predicted octanol–water partition coefficient (Wildman–Crippen LogP) is 0.195. The number of carbonyl (C=O) groups excluding carboxylic acids is 1. The van der Waals surface area contributed by atoms with Crippen LogP contribution in [0, 0.1) is 19.8 Å². The third-order valence-electron chi connectivity index (χ3n) is 5.87. The highest BCUT2D eigenvalue weighted by Gasteiger charge is 2.31. The summed E-state index contributed by atoms with van der Waals surface area (Å²) in [7, 11) is 0. The third kappa shape index (κ3) is 5.40. The fourth-order valence-corrected chi connectivity index (χ4v) is 4.30. The van der Waals surface area contributed by atoms with Gasteiger partial charge < -0.3 is 15.8 Å². The highest BCUT2D eigenvalue weighted by atomic mass is 16.5. The van der Waals surface area contributed by atoms with Crippen molar-refractivity contribution < 1.29 is 9.53 Å². The van der Waals surface area contributed by atoms with Gasteiger partial charge >= 0.3 is 5.69 Å². The molecule has 1 aromatic heterocycles. The number of rotatable bonds is 5. The number of nitrogens with two attached hydrogens (primary N) is 1. The van der Waals surface area contributed by atoms with E-state index in [4.69, 9.17) is 10.5 Å². The minimum atomic E-state index is -0.266. The highest BCUT2D eigenvalue weighted by molar-refractivity contribution is 5.78. The van der Waals surface area contributed by atoms with E-state index in [0.717, 1.165) is 57.7 Å². The van der Waals surface area contributed by atoms with Crippen LogP contribution in [0.3, 0.4) is 0 Å². The first kappa shape index (κ1) is 21.0. The van der Waals surface area contributed by atoms with Gasteiger partial charge in [-0.25, -0.2) is 4.79 Å². The van der Waals surface area contributed by atoms with E-state index in [1.807, 2.05) is 19.9 Å². The summed E-state index contributed by atoms with van der Waals surface area (Å²) in [6.07, 6.45) is 3.67. The summed E-state index contributed by atoms with van der Waals surface area (Å²) in [6.45, 7) is 7.70. The largest absolute Gasteiger partial charge is 0.381 e. The molecule has 0 spiro atoms. The van der Waals surface area contributed by atoms with E-state index in [9.17, 15) is 9.59 Å². The molecular formula is C20H33N5O3. The monoisotopic (exact) mass is 391 g/mol. The van der Waals surface area contributed by atoms with Gasteiger partial charge in [0.1, 0.15) is 0 Å². The van der Waals surface area contributed by atoms with Crippen molar-refractivity contribution in [1.82, 2.24) is 19.8 Å². The highest BCUT2D eigenvalue weighted by Crippen LogP contribution is 2.22. The zero-order valence-electron chi connectivity index (χ0n) is 17.0. The van der Waals surface area contributed by atoms with Gasteiger partial charge in [0.05, 0.1) is 5.92 Å². The summed E-state index contributed by atoms with van der Waals surface area (Å²) >= 11 is 0. The molecule has 2 aliphatic heterocycles. The van der Waals surface area contributed by atoms with Gasteiger partial charge in [-0.3, -0.25) is 14.3 Å². The van der Waals surface area contributed by atoms with E-state index in [1.165, 1.54) is 0 Å². The van der Waals surface area contributed by atoms with Crippen LogP contribution in [0.2, 0.25) is 0 Å². The van der Waals surface area contributed by atoms with E-state index in [0.29, 0.717) is 24.8 Å². The molecule has 3 rings (SSSR count). The number of nitrogens with zero attached hydrogens (tertiary/aromatic N) is 3. The maximum atomic E-state index is 12.8. The van der Waals surface area contributed by atoms with Crippen molar-refractivity contribution in [2.24, 2.45) is 11.7 Å². The smallest absolute Gasteiger partial charge is 0.348 e. The van der Waals surface area contributed by atoms with E-state index < -0.39 is 0 Å². The average molecular weight is 392 g/mol. The molecule has 0 aliphatic carbocycles. The maximum absolute atomic E-state index is 12.8. The summed E-state index contributed by atoms with van der Waals surface area (Å²) in [6, 6.07) is 2.44. The Kier molecular flexibility index (Phi) is 7.20. The fourth-order valence-electron chi connectivity index (χ4n) is 4.30. The first-order valence-electron chi connectivity index (χ1n) is 10.3. The van der Waals surface area contributed by atoms with Gasteiger partial charge in [0.2, 0.25) is 5.91 Å². The second kappa shape index (κ2) is 9.62. The van der Waals surface area contributed by atoms with Gasteiger partial charge in [-0.05, 0) is 45.6 Å². The van der Waals surface area contributed by atoms with Crippen molar-refractivity contribution in [3.63, 3.8) is 0 Å². The molecule has 1 aromatic rings. The van der Waals surface area contributed by atoms with Crippen molar-refractivity contribution in [3.05, 3.63) is 27.9 Å². The first-order chi connectivity index (χ1) is 13.4. The molecule has 2 atom stereocenters. The van der Waals surface area contributed by atoms with Crippen LogP contribution in [0.5, 0.6) is 0 Å². The number of aromatic nitrogens is 2. The third-order valence-corrected chi connectivity index (χ3v) is 5.87. The van der Waals surface area contributed by atoms with E-state index in [-0.39, 0.29) is 23.6 Å². The Hall–Kier alpha value is -1.77. The molecule has 3 heterocycles. The normalized spacial score (nSPS) is 24.7. The lowest BCUT2D eigenvalue weighted by atomic mass is 10.0. The van der Waals surface area contributed by atoms with Crippen LogP contribution < -0.4 is 16.7 Å². The second-order valence-electron chi connectivity index (χ2n) is 8.10. The zero-order chi connectivity index (χ0) is 20.1. The molecule has 2 fully saturated rings. The molecule has 8 nitrogen and oxygen atoms in total. The molecule has 156 valence electrons. The first-order valence-corrected chi connectivity index (χ1v) is 10.3. The topological polar surface area (TPSA) is 102 Å². The molecule has 0 saturated carbocycles. The van der Waals surface area contributed by atoms with Crippen LogP contribution in [0.15, 0.2) is 10.9 Å². The Morgan fingerprint density at radius 3 is 2.71 bits per heavy atom. The number of amides is 1. The van der Waals surface area contributed by atoms with E-state index >= 15 is 0 Å².